The first-order valence-corrected chi connectivity index (χ1v) is 33.8. The molecule has 92 heavy (non-hydrogen) atoms. The Kier molecular flexibility index (Phi) is 27.2. The van der Waals surface area contributed by atoms with Crippen molar-refractivity contribution in [3.8, 4) is 34.5 Å². The van der Waals surface area contributed by atoms with Crippen LogP contribution in [0.25, 0.3) is 0 Å². The minimum absolute atomic E-state index is 0. The maximum absolute atomic E-state index is 11.5. The first-order valence-electron chi connectivity index (χ1n) is 29.4. The van der Waals surface area contributed by atoms with E-state index in [0.29, 0.717) is 33.4 Å². The molecule has 6 rings (SSSR count). The van der Waals surface area contributed by atoms with Gasteiger partial charge in [0.25, 0.3) is 0 Å². The topological polar surface area (TPSA) is 339 Å². The molecular formula is C69H93Al2O18P3. The van der Waals surface area contributed by atoms with E-state index in [0.717, 1.165) is 33.4 Å². The molecule has 0 saturated heterocycles. The number of phenolic OH excluding ortho intramolecular Hbond substituents is 3. The first-order chi connectivity index (χ1) is 40.2. The number of hydrogen-bond acceptors (Lipinski definition) is 18. The Hall–Kier alpha value is -4.49. The van der Waals surface area contributed by atoms with Gasteiger partial charge < -0.3 is 87.3 Å². The summed E-state index contributed by atoms with van der Waals surface area (Å²) >= 11 is 0. The summed E-state index contributed by atoms with van der Waals surface area (Å²) in [4.78, 5) is 69.0. The molecule has 498 valence electrons. The summed E-state index contributed by atoms with van der Waals surface area (Å²) in [6, 6.07) is 20.4. The molecule has 0 aliphatic carbocycles. The molecule has 0 aliphatic rings. The molecule has 0 fully saturated rings. The number of phosphoric acid groups is 3. The molecule has 0 saturated carbocycles. The maximum atomic E-state index is 11.5. The van der Waals surface area contributed by atoms with E-state index in [4.69, 9.17) is 13.6 Å². The van der Waals surface area contributed by atoms with Crippen molar-refractivity contribution in [1.29, 1.82) is 0 Å². The molecule has 0 radical (unpaired) electrons. The standard InChI is InChI=1S/3C23H33O6P.2Al/c3*1-13-9-15(20(25)17(11-13)22(3,4)5)19(24)16-10-14(2)12-18(23(6,7)8)21(16)29-30(26,27)28;;/h3*9-12,19,24-25H,1-8H3,(H2,26,27,28);;/q;;;2*+3/p-6. The molecule has 6 aromatic carbocycles. The van der Waals surface area contributed by atoms with Gasteiger partial charge in [-0.05, 0) is 127 Å². The molecule has 0 heterocycles. The van der Waals surface area contributed by atoms with E-state index in [9.17, 15) is 73.7 Å². The fourth-order valence-corrected chi connectivity index (χ4v) is 11.9. The van der Waals surface area contributed by atoms with Crippen molar-refractivity contribution in [2.45, 2.75) is 217 Å². The van der Waals surface area contributed by atoms with Crippen LogP contribution in [0.3, 0.4) is 0 Å². The Labute approximate surface area is 566 Å². The van der Waals surface area contributed by atoms with Gasteiger partial charge in [0, 0.05) is 50.1 Å². The molecule has 0 amide bonds. The molecule has 23 heteroatoms. The Bertz CT molecular complexity index is 3380. The van der Waals surface area contributed by atoms with Gasteiger partial charge in [-0.25, -0.2) is 0 Å². The average molecular weight is 1360 g/mol. The molecule has 0 aliphatic heterocycles. The summed E-state index contributed by atoms with van der Waals surface area (Å²) in [6.07, 6.45) is -4.18. The van der Waals surface area contributed by atoms with Gasteiger partial charge in [-0.15, -0.1) is 0 Å². The number of aryl methyl sites for hydroxylation is 6. The van der Waals surface area contributed by atoms with Crippen molar-refractivity contribution in [3.05, 3.63) is 173 Å². The van der Waals surface area contributed by atoms with Crippen molar-refractivity contribution in [1.82, 2.24) is 0 Å². The third-order valence-corrected chi connectivity index (χ3v) is 16.1. The number of phosphoric ester groups is 3. The van der Waals surface area contributed by atoms with Crippen LogP contribution in [0.15, 0.2) is 72.8 Å². The van der Waals surface area contributed by atoms with E-state index in [1.165, 1.54) is 0 Å². The Balaban J connectivity index is 0.000000465. The molecule has 6 N–H and O–H groups in total. The van der Waals surface area contributed by atoms with E-state index < -0.39 is 58.0 Å². The summed E-state index contributed by atoms with van der Waals surface area (Å²) in [7, 11) is -16.2. The first kappa shape index (κ1) is 83.6. The Morgan fingerprint density at radius 2 is 0.435 bits per heavy atom. The quantitative estimate of drug-likeness (QED) is 0.0490. The van der Waals surface area contributed by atoms with Crippen molar-refractivity contribution in [2.24, 2.45) is 0 Å². The number of aromatic hydroxyl groups is 3. The number of rotatable bonds is 12. The average Bonchev–Trinajstić information content (AvgIpc) is 0.780. The van der Waals surface area contributed by atoms with Crippen LogP contribution < -0.4 is 42.9 Å². The number of benzene rings is 6. The molecule has 0 spiro atoms. The monoisotopic (exact) mass is 1360 g/mol. The van der Waals surface area contributed by atoms with Crippen molar-refractivity contribution < 1.29 is 87.3 Å². The third kappa shape index (κ3) is 22.0. The molecule has 18 nitrogen and oxygen atoms in total. The zero-order chi connectivity index (χ0) is 69.7. The smallest absolute Gasteiger partial charge is 0.780 e. The Morgan fingerprint density at radius 3 is 0.576 bits per heavy atom. The van der Waals surface area contributed by atoms with Gasteiger partial charge >= 0.3 is 34.7 Å². The minimum Gasteiger partial charge on any atom is -0.780 e. The van der Waals surface area contributed by atoms with Crippen LogP contribution in [0.4, 0.5) is 0 Å². The molecular weight excluding hydrogens is 1260 g/mol. The summed E-state index contributed by atoms with van der Waals surface area (Å²) in [5.41, 5.74) is 6.37. The zero-order valence-electron chi connectivity index (χ0n) is 57.7. The molecule has 0 aromatic heterocycles. The minimum atomic E-state index is -5.39. The van der Waals surface area contributed by atoms with E-state index in [2.05, 4.69) is 0 Å². The number of phenols is 3. The van der Waals surface area contributed by atoms with Gasteiger partial charge in [-0.2, -0.15) is 0 Å². The van der Waals surface area contributed by atoms with E-state index in [1.54, 1.807) is 75.4 Å². The molecule has 6 aromatic rings. The number of hydrogen-bond donors (Lipinski definition) is 6. The zero-order valence-corrected chi connectivity index (χ0v) is 62.7. The fraction of sp³-hybridized carbons (Fsp3) is 0.478. The summed E-state index contributed by atoms with van der Waals surface area (Å²) < 4.78 is 49.1. The predicted octanol–water partition coefficient (Wildman–Crippen LogP) is 10.9. The van der Waals surface area contributed by atoms with Gasteiger partial charge in [0.05, 0.1) is 0 Å². The van der Waals surface area contributed by atoms with Crippen LogP contribution in [0.5, 0.6) is 34.5 Å². The Morgan fingerprint density at radius 1 is 0.293 bits per heavy atom. The second-order valence-electron chi connectivity index (χ2n) is 29.8. The van der Waals surface area contributed by atoms with Gasteiger partial charge in [0.15, 0.2) is 0 Å². The van der Waals surface area contributed by atoms with Crippen LogP contribution in [0, 0.1) is 41.5 Å². The summed E-state index contributed by atoms with van der Waals surface area (Å²) in [6.45, 7) is 45.2. The van der Waals surface area contributed by atoms with Gasteiger partial charge in [-0.3, -0.25) is 0 Å². The predicted molar refractivity (Wildman–Crippen MR) is 353 cm³/mol. The normalized spacial score (nSPS) is 13.7. The number of aliphatic hydroxyl groups is 3. The molecule has 3 unspecified atom stereocenters. The van der Waals surface area contributed by atoms with E-state index >= 15 is 0 Å². The summed E-state index contributed by atoms with van der Waals surface area (Å²) in [5.74, 6) is -0.778. The van der Waals surface area contributed by atoms with Gasteiger partial charge in [0.2, 0.25) is 0 Å². The van der Waals surface area contributed by atoms with E-state index in [-0.39, 0.29) is 119 Å². The van der Waals surface area contributed by atoms with Gasteiger partial charge in [0.1, 0.15) is 76.3 Å². The largest absolute Gasteiger partial charge is 3.00 e. The summed E-state index contributed by atoms with van der Waals surface area (Å²) in [5, 5.41) is 66.5. The van der Waals surface area contributed by atoms with E-state index in [1.807, 2.05) is 164 Å². The molecule has 0 bridgehead atoms. The van der Waals surface area contributed by atoms with Crippen molar-refractivity contribution in [3.63, 3.8) is 0 Å². The second-order valence-corrected chi connectivity index (χ2v) is 33.0. The third-order valence-electron chi connectivity index (χ3n) is 14.9. The van der Waals surface area contributed by atoms with Crippen LogP contribution >= 0.6 is 23.5 Å². The van der Waals surface area contributed by atoms with Crippen LogP contribution in [0.2, 0.25) is 0 Å². The van der Waals surface area contributed by atoms with Crippen LogP contribution in [-0.4, -0.2) is 65.4 Å². The van der Waals surface area contributed by atoms with Crippen molar-refractivity contribution in [2.75, 3.05) is 0 Å². The SMILES string of the molecule is Cc1cc(C(O)c2cc(C)cc(C(C)(C)C)c2OP(=O)([O-])[O-])c(O)c(C(C)(C)C)c1.Cc1cc(C(O)c2cc(C)cc(C(C)(C)C)c2OP(=O)([O-])[O-])c(O)c(C(C)(C)C)c1.Cc1cc(C(O)c2cc(C)cc(C(C)(C)C)c2OP(=O)([O-])[O-])c(O)c(C(C)(C)C)c1.[Al+3].[Al+3]. The second kappa shape index (κ2) is 29.9. The molecule has 3 atom stereocenters. The maximum Gasteiger partial charge on any atom is 3.00 e. The van der Waals surface area contributed by atoms with Crippen LogP contribution in [0.1, 0.15) is 243 Å². The van der Waals surface area contributed by atoms with Gasteiger partial charge in [-0.1, -0.05) is 194 Å². The fourth-order valence-electron chi connectivity index (χ4n) is 10.6. The van der Waals surface area contributed by atoms with Crippen LogP contribution in [-0.2, 0) is 46.2 Å². The van der Waals surface area contributed by atoms with Crippen molar-refractivity contribution >= 4 is 58.2 Å². The number of aliphatic hydroxyl groups excluding tert-OH is 3.